The number of hydrogen-bond donors (Lipinski definition) is 2. The van der Waals surface area contributed by atoms with E-state index in [1.807, 2.05) is 0 Å². The third-order valence-electron chi connectivity index (χ3n) is 3.68. The SMILES string of the molecule is CCOC(=O)/C=C/C(=O)Nc1ccc(C(=O)NCCN(CC)CC)cc1. The molecule has 0 radical (unpaired) electrons. The number of anilines is 1. The normalized spacial score (nSPS) is 10.8. The van der Waals surface area contributed by atoms with E-state index in [2.05, 4.69) is 29.4 Å². The van der Waals surface area contributed by atoms with E-state index in [0.717, 1.165) is 31.8 Å². The van der Waals surface area contributed by atoms with E-state index in [4.69, 9.17) is 4.74 Å². The second-order valence-corrected chi connectivity index (χ2v) is 5.43. The Hall–Kier alpha value is -2.67. The van der Waals surface area contributed by atoms with Gasteiger partial charge in [-0.2, -0.15) is 0 Å². The summed E-state index contributed by atoms with van der Waals surface area (Å²) in [4.78, 5) is 37.2. The first-order valence-corrected chi connectivity index (χ1v) is 8.76. The average Bonchev–Trinajstić information content (AvgIpc) is 2.64. The van der Waals surface area contributed by atoms with Gasteiger partial charge in [0.2, 0.25) is 5.91 Å². The molecule has 2 amide bonds. The Morgan fingerprint density at radius 2 is 1.69 bits per heavy atom. The molecular weight excluding hydrogens is 334 g/mol. The molecule has 0 aliphatic rings. The van der Waals surface area contributed by atoms with Crippen LogP contribution in [-0.4, -0.2) is 55.5 Å². The van der Waals surface area contributed by atoms with E-state index in [0.29, 0.717) is 17.8 Å². The van der Waals surface area contributed by atoms with Gasteiger partial charge < -0.3 is 20.3 Å². The zero-order valence-corrected chi connectivity index (χ0v) is 15.6. The van der Waals surface area contributed by atoms with Gasteiger partial charge in [0.1, 0.15) is 0 Å². The zero-order valence-electron chi connectivity index (χ0n) is 15.6. The van der Waals surface area contributed by atoms with Gasteiger partial charge in [-0.3, -0.25) is 9.59 Å². The number of ether oxygens (including phenoxy) is 1. The minimum absolute atomic E-state index is 0.155. The lowest BCUT2D eigenvalue weighted by Gasteiger charge is -2.17. The van der Waals surface area contributed by atoms with Gasteiger partial charge in [-0.15, -0.1) is 0 Å². The summed E-state index contributed by atoms with van der Waals surface area (Å²) in [6.07, 6.45) is 2.17. The molecule has 1 aromatic carbocycles. The Balaban J connectivity index is 2.48. The molecule has 0 saturated heterocycles. The van der Waals surface area contributed by atoms with E-state index in [9.17, 15) is 14.4 Å². The van der Waals surface area contributed by atoms with Crippen LogP contribution < -0.4 is 10.6 Å². The topological polar surface area (TPSA) is 87.7 Å². The van der Waals surface area contributed by atoms with Gasteiger partial charge in [-0.05, 0) is 44.3 Å². The summed E-state index contributed by atoms with van der Waals surface area (Å²) in [7, 11) is 0. The van der Waals surface area contributed by atoms with Gasteiger partial charge >= 0.3 is 5.97 Å². The highest BCUT2D eigenvalue weighted by atomic mass is 16.5. The molecule has 1 aromatic rings. The number of carbonyl (C=O) groups excluding carboxylic acids is 3. The summed E-state index contributed by atoms with van der Waals surface area (Å²) < 4.78 is 4.69. The van der Waals surface area contributed by atoms with E-state index < -0.39 is 11.9 Å². The molecule has 0 aliphatic heterocycles. The van der Waals surface area contributed by atoms with Gasteiger partial charge in [-0.25, -0.2) is 4.79 Å². The highest BCUT2D eigenvalue weighted by Crippen LogP contribution is 2.09. The summed E-state index contributed by atoms with van der Waals surface area (Å²) in [5.41, 5.74) is 1.05. The lowest BCUT2D eigenvalue weighted by molar-refractivity contribution is -0.137. The summed E-state index contributed by atoms with van der Waals surface area (Å²) in [5, 5.41) is 5.48. The lowest BCUT2D eigenvalue weighted by Crippen LogP contribution is -2.34. The van der Waals surface area contributed by atoms with Crippen LogP contribution in [-0.2, 0) is 14.3 Å². The zero-order chi connectivity index (χ0) is 19.4. The van der Waals surface area contributed by atoms with Gasteiger partial charge in [-0.1, -0.05) is 13.8 Å². The van der Waals surface area contributed by atoms with Gasteiger partial charge in [0.25, 0.3) is 5.91 Å². The fraction of sp³-hybridized carbons (Fsp3) is 0.421. The summed E-state index contributed by atoms with van der Waals surface area (Å²) >= 11 is 0. The Morgan fingerprint density at radius 3 is 2.27 bits per heavy atom. The lowest BCUT2D eigenvalue weighted by atomic mass is 10.2. The molecule has 1 rings (SSSR count). The number of nitrogens with zero attached hydrogens (tertiary/aromatic N) is 1. The van der Waals surface area contributed by atoms with Crippen LogP contribution >= 0.6 is 0 Å². The maximum atomic E-state index is 12.1. The number of likely N-dealkylation sites (N-methyl/N-ethyl adjacent to an activating group) is 1. The number of carbonyl (C=O) groups is 3. The van der Waals surface area contributed by atoms with Crippen molar-refractivity contribution in [1.82, 2.24) is 10.2 Å². The van der Waals surface area contributed by atoms with Crippen LogP contribution in [0.1, 0.15) is 31.1 Å². The van der Waals surface area contributed by atoms with Gasteiger partial charge in [0.05, 0.1) is 6.61 Å². The van der Waals surface area contributed by atoms with E-state index >= 15 is 0 Å². The number of nitrogens with one attached hydrogen (secondary N) is 2. The van der Waals surface area contributed by atoms with Crippen molar-refractivity contribution in [2.24, 2.45) is 0 Å². The van der Waals surface area contributed by atoms with Gasteiger partial charge in [0, 0.05) is 36.5 Å². The second-order valence-electron chi connectivity index (χ2n) is 5.43. The molecule has 0 spiro atoms. The van der Waals surface area contributed by atoms with Crippen molar-refractivity contribution in [2.45, 2.75) is 20.8 Å². The molecular formula is C19H27N3O4. The Kier molecular flexibility index (Phi) is 9.71. The Morgan fingerprint density at radius 1 is 1.04 bits per heavy atom. The first-order valence-electron chi connectivity index (χ1n) is 8.76. The molecule has 0 bridgehead atoms. The number of hydrogen-bond acceptors (Lipinski definition) is 5. The van der Waals surface area contributed by atoms with Crippen LogP contribution in [0, 0.1) is 0 Å². The molecule has 0 unspecified atom stereocenters. The van der Waals surface area contributed by atoms with Crippen molar-refractivity contribution < 1.29 is 19.1 Å². The average molecular weight is 361 g/mol. The largest absolute Gasteiger partial charge is 0.463 e. The maximum absolute atomic E-state index is 12.1. The fourth-order valence-corrected chi connectivity index (χ4v) is 2.19. The van der Waals surface area contributed by atoms with Crippen molar-refractivity contribution in [3.8, 4) is 0 Å². The van der Waals surface area contributed by atoms with Crippen LogP contribution in [0.2, 0.25) is 0 Å². The number of benzene rings is 1. The van der Waals surface area contributed by atoms with E-state index in [1.165, 1.54) is 0 Å². The van der Waals surface area contributed by atoms with Crippen molar-refractivity contribution in [3.05, 3.63) is 42.0 Å². The molecule has 7 heteroatoms. The minimum atomic E-state index is -0.570. The monoisotopic (exact) mass is 361 g/mol. The standard InChI is InChI=1S/C19H27N3O4/c1-4-22(5-2)14-13-20-19(25)15-7-9-16(10-8-15)21-17(23)11-12-18(24)26-6-3/h7-12H,4-6,13-14H2,1-3H3,(H,20,25)(H,21,23)/b12-11+. The summed E-state index contributed by atoms with van der Waals surface area (Å²) in [6, 6.07) is 6.54. The van der Waals surface area contributed by atoms with Crippen molar-refractivity contribution in [1.29, 1.82) is 0 Å². The van der Waals surface area contributed by atoms with Gasteiger partial charge in [0.15, 0.2) is 0 Å². The highest BCUT2D eigenvalue weighted by Gasteiger charge is 2.07. The van der Waals surface area contributed by atoms with Crippen LogP contribution in [0.4, 0.5) is 5.69 Å². The quantitative estimate of drug-likeness (QED) is 0.490. The maximum Gasteiger partial charge on any atom is 0.330 e. The third-order valence-corrected chi connectivity index (χ3v) is 3.68. The molecule has 7 nitrogen and oxygen atoms in total. The predicted octanol–water partition coefficient (Wildman–Crippen LogP) is 1.82. The summed E-state index contributed by atoms with van der Waals surface area (Å²) in [6.45, 7) is 9.39. The van der Waals surface area contributed by atoms with Crippen molar-refractivity contribution in [3.63, 3.8) is 0 Å². The highest BCUT2D eigenvalue weighted by molar-refractivity contribution is 6.03. The molecule has 142 valence electrons. The van der Waals surface area contributed by atoms with Crippen LogP contribution in [0.25, 0.3) is 0 Å². The molecule has 0 saturated carbocycles. The Labute approximate surface area is 154 Å². The Bertz CT molecular complexity index is 622. The van der Waals surface area contributed by atoms with Crippen molar-refractivity contribution >= 4 is 23.5 Å². The predicted molar refractivity (Wildman–Crippen MR) is 101 cm³/mol. The van der Waals surface area contributed by atoms with Crippen LogP contribution in [0.3, 0.4) is 0 Å². The molecule has 2 N–H and O–H groups in total. The van der Waals surface area contributed by atoms with E-state index in [1.54, 1.807) is 31.2 Å². The number of rotatable bonds is 10. The third kappa shape index (κ3) is 7.94. The minimum Gasteiger partial charge on any atom is -0.463 e. The van der Waals surface area contributed by atoms with Crippen LogP contribution in [0.15, 0.2) is 36.4 Å². The molecule has 0 fully saturated rings. The molecule has 0 heterocycles. The number of amides is 2. The molecule has 0 aliphatic carbocycles. The van der Waals surface area contributed by atoms with E-state index in [-0.39, 0.29) is 12.5 Å². The van der Waals surface area contributed by atoms with Crippen molar-refractivity contribution in [2.75, 3.05) is 38.1 Å². The first-order chi connectivity index (χ1) is 12.5. The molecule has 0 aromatic heterocycles. The number of esters is 1. The molecule has 26 heavy (non-hydrogen) atoms. The fourth-order valence-electron chi connectivity index (χ4n) is 2.19. The smallest absolute Gasteiger partial charge is 0.330 e. The second kappa shape index (κ2) is 11.8. The first kappa shape index (κ1) is 21.4. The molecule has 0 atom stereocenters. The summed E-state index contributed by atoms with van der Waals surface area (Å²) in [5.74, 6) is -1.17. The van der Waals surface area contributed by atoms with Crippen LogP contribution in [0.5, 0.6) is 0 Å².